The molecule has 1 aromatic carbocycles. The fourth-order valence-corrected chi connectivity index (χ4v) is 1.23. The molecule has 2 nitrogen and oxygen atoms in total. The first-order valence-corrected chi connectivity index (χ1v) is 4.20. The lowest BCUT2D eigenvalue weighted by molar-refractivity contribution is 0.961. The number of hydrogen-bond acceptors (Lipinski definition) is 3. The van der Waals surface area contributed by atoms with Crippen LogP contribution in [0.5, 0.6) is 0 Å². The Morgan fingerprint density at radius 2 is 2.08 bits per heavy atom. The predicted molar refractivity (Wildman–Crippen MR) is 54.2 cm³/mol. The molecule has 0 aliphatic heterocycles. The minimum absolute atomic E-state index is 0.238. The minimum Gasteiger partial charge on any atom is -0.323 e. The van der Waals surface area contributed by atoms with Gasteiger partial charge in [-0.15, -0.1) is 12.6 Å². The fraction of sp³-hybridized carbons (Fsp3) is 0.222. The average molecular weight is 180 g/mol. The standard InChI is InChI=1S/C9H12N2S/c1-6(10)9(11)7-4-2-3-5-8(7)12/h2-6,11-12H,10H2,1H3. The molecule has 0 amide bonds. The van der Waals surface area contributed by atoms with E-state index < -0.39 is 0 Å². The van der Waals surface area contributed by atoms with E-state index in [0.29, 0.717) is 5.71 Å². The van der Waals surface area contributed by atoms with E-state index in [4.69, 9.17) is 11.1 Å². The topological polar surface area (TPSA) is 49.9 Å². The summed E-state index contributed by atoms with van der Waals surface area (Å²) in [6.45, 7) is 1.79. The summed E-state index contributed by atoms with van der Waals surface area (Å²) in [4.78, 5) is 0.805. The number of nitrogens with two attached hydrogens (primary N) is 1. The molecular formula is C9H12N2S. The Morgan fingerprint density at radius 3 is 2.58 bits per heavy atom. The molecule has 0 saturated heterocycles. The van der Waals surface area contributed by atoms with Gasteiger partial charge in [0.05, 0.1) is 5.71 Å². The van der Waals surface area contributed by atoms with Crippen LogP contribution in [0.4, 0.5) is 0 Å². The molecule has 3 N–H and O–H groups in total. The third-order valence-electron chi connectivity index (χ3n) is 1.65. The lowest BCUT2D eigenvalue weighted by Gasteiger charge is -2.09. The van der Waals surface area contributed by atoms with E-state index in [-0.39, 0.29) is 6.04 Å². The van der Waals surface area contributed by atoms with Crippen LogP contribution in [0.3, 0.4) is 0 Å². The first-order chi connectivity index (χ1) is 5.63. The van der Waals surface area contributed by atoms with Gasteiger partial charge >= 0.3 is 0 Å². The Kier molecular flexibility index (Phi) is 2.89. The summed E-state index contributed by atoms with van der Waals surface area (Å²) in [6, 6.07) is 7.24. The zero-order chi connectivity index (χ0) is 9.14. The Balaban J connectivity index is 3.03. The van der Waals surface area contributed by atoms with Crippen molar-refractivity contribution in [1.82, 2.24) is 0 Å². The Hall–Kier alpha value is -0.800. The maximum Gasteiger partial charge on any atom is 0.0561 e. The van der Waals surface area contributed by atoms with E-state index in [1.54, 1.807) is 6.92 Å². The van der Waals surface area contributed by atoms with Gasteiger partial charge in [-0.25, -0.2) is 0 Å². The number of hydrogen-bond donors (Lipinski definition) is 3. The summed E-state index contributed by atoms with van der Waals surface area (Å²) in [6.07, 6.45) is 0. The van der Waals surface area contributed by atoms with Gasteiger partial charge in [-0.05, 0) is 13.0 Å². The molecule has 12 heavy (non-hydrogen) atoms. The molecule has 0 bridgehead atoms. The average Bonchev–Trinajstić information content (AvgIpc) is 2.04. The summed E-state index contributed by atoms with van der Waals surface area (Å²) in [5.41, 5.74) is 6.83. The van der Waals surface area contributed by atoms with Crippen molar-refractivity contribution in [3.05, 3.63) is 29.8 Å². The molecule has 64 valence electrons. The number of thiol groups is 1. The second-order valence-electron chi connectivity index (χ2n) is 2.72. The normalized spacial score (nSPS) is 12.6. The highest BCUT2D eigenvalue weighted by molar-refractivity contribution is 7.80. The lowest BCUT2D eigenvalue weighted by atomic mass is 10.1. The van der Waals surface area contributed by atoms with Crippen LogP contribution in [0.25, 0.3) is 0 Å². The summed E-state index contributed by atoms with van der Waals surface area (Å²) in [5, 5.41) is 7.65. The van der Waals surface area contributed by atoms with Crippen LogP contribution in [0.1, 0.15) is 12.5 Å². The Labute approximate surface area is 77.7 Å². The van der Waals surface area contributed by atoms with Gasteiger partial charge in [-0.3, -0.25) is 0 Å². The van der Waals surface area contributed by atoms with E-state index in [9.17, 15) is 0 Å². The van der Waals surface area contributed by atoms with Crippen LogP contribution in [-0.4, -0.2) is 11.8 Å². The van der Waals surface area contributed by atoms with Gasteiger partial charge in [0, 0.05) is 16.5 Å². The predicted octanol–water partition coefficient (Wildman–Crippen LogP) is 1.69. The van der Waals surface area contributed by atoms with Crippen molar-refractivity contribution in [3.63, 3.8) is 0 Å². The number of benzene rings is 1. The van der Waals surface area contributed by atoms with Crippen molar-refractivity contribution in [2.45, 2.75) is 17.9 Å². The molecule has 0 aromatic heterocycles. The molecule has 0 saturated carbocycles. The summed E-state index contributed by atoms with van der Waals surface area (Å²) in [7, 11) is 0. The van der Waals surface area contributed by atoms with Crippen LogP contribution in [0.15, 0.2) is 29.2 Å². The molecule has 3 heteroatoms. The maximum atomic E-state index is 7.65. The van der Waals surface area contributed by atoms with Gasteiger partial charge in [0.2, 0.25) is 0 Å². The van der Waals surface area contributed by atoms with E-state index in [1.807, 2.05) is 24.3 Å². The molecule has 0 aliphatic rings. The first-order valence-electron chi connectivity index (χ1n) is 3.75. The van der Waals surface area contributed by atoms with E-state index >= 15 is 0 Å². The molecule has 0 aliphatic carbocycles. The monoisotopic (exact) mass is 180 g/mol. The quantitative estimate of drug-likeness (QED) is 0.471. The van der Waals surface area contributed by atoms with Crippen molar-refractivity contribution in [2.24, 2.45) is 5.73 Å². The molecule has 0 fully saturated rings. The number of nitrogens with one attached hydrogen (secondary N) is 1. The van der Waals surface area contributed by atoms with Crippen LogP contribution < -0.4 is 5.73 Å². The first kappa shape index (κ1) is 9.29. The zero-order valence-corrected chi connectivity index (χ0v) is 7.81. The highest BCUT2D eigenvalue weighted by atomic mass is 32.1. The molecule has 1 aromatic rings. The highest BCUT2D eigenvalue weighted by Crippen LogP contribution is 2.14. The second kappa shape index (κ2) is 3.74. The number of rotatable bonds is 2. The Morgan fingerprint density at radius 1 is 1.50 bits per heavy atom. The summed E-state index contributed by atoms with van der Waals surface area (Å²) in [5.74, 6) is 0. The summed E-state index contributed by atoms with van der Waals surface area (Å²) < 4.78 is 0. The lowest BCUT2D eigenvalue weighted by Crippen LogP contribution is -2.26. The zero-order valence-electron chi connectivity index (χ0n) is 6.91. The SMILES string of the molecule is CC(N)C(=N)c1ccccc1S. The molecule has 0 heterocycles. The van der Waals surface area contributed by atoms with Crippen LogP contribution in [0.2, 0.25) is 0 Å². The van der Waals surface area contributed by atoms with Gasteiger partial charge in [0.25, 0.3) is 0 Å². The third kappa shape index (κ3) is 1.87. The molecule has 1 unspecified atom stereocenters. The van der Waals surface area contributed by atoms with Crippen molar-refractivity contribution in [3.8, 4) is 0 Å². The van der Waals surface area contributed by atoms with Gasteiger partial charge in [-0.2, -0.15) is 0 Å². The summed E-state index contributed by atoms with van der Waals surface area (Å²) >= 11 is 4.24. The van der Waals surface area contributed by atoms with Crippen LogP contribution in [-0.2, 0) is 0 Å². The molecule has 0 spiro atoms. The van der Waals surface area contributed by atoms with Crippen LogP contribution in [0, 0.1) is 5.41 Å². The molecule has 0 radical (unpaired) electrons. The van der Waals surface area contributed by atoms with E-state index in [1.165, 1.54) is 0 Å². The Bertz CT molecular complexity index is 294. The van der Waals surface area contributed by atoms with Gasteiger partial charge in [-0.1, -0.05) is 18.2 Å². The van der Waals surface area contributed by atoms with Gasteiger partial charge in [0.1, 0.15) is 0 Å². The van der Waals surface area contributed by atoms with Gasteiger partial charge in [0.15, 0.2) is 0 Å². The smallest absolute Gasteiger partial charge is 0.0561 e. The van der Waals surface area contributed by atoms with Gasteiger partial charge < -0.3 is 11.1 Å². The van der Waals surface area contributed by atoms with Crippen molar-refractivity contribution >= 4 is 18.3 Å². The van der Waals surface area contributed by atoms with Crippen LogP contribution >= 0.6 is 12.6 Å². The van der Waals surface area contributed by atoms with Crippen molar-refractivity contribution < 1.29 is 0 Å². The fourth-order valence-electron chi connectivity index (χ4n) is 0.947. The molecular weight excluding hydrogens is 168 g/mol. The second-order valence-corrected chi connectivity index (χ2v) is 3.20. The molecule has 1 rings (SSSR count). The molecule has 1 atom stereocenters. The van der Waals surface area contributed by atoms with Crippen molar-refractivity contribution in [1.29, 1.82) is 5.41 Å². The minimum atomic E-state index is -0.238. The van der Waals surface area contributed by atoms with Crippen molar-refractivity contribution in [2.75, 3.05) is 0 Å². The van der Waals surface area contributed by atoms with E-state index in [0.717, 1.165) is 10.5 Å². The third-order valence-corrected chi connectivity index (χ3v) is 2.04. The highest BCUT2D eigenvalue weighted by Gasteiger charge is 2.07. The van der Waals surface area contributed by atoms with E-state index in [2.05, 4.69) is 12.6 Å². The largest absolute Gasteiger partial charge is 0.323 e. The maximum absolute atomic E-state index is 7.65.